The van der Waals surface area contributed by atoms with Gasteiger partial charge in [-0.2, -0.15) is 5.10 Å². The number of nitrogens with one attached hydrogen (secondary N) is 3. The molecule has 0 saturated heterocycles. The van der Waals surface area contributed by atoms with Crippen LogP contribution < -0.4 is 16.0 Å². The Morgan fingerprint density at radius 1 is 1.36 bits per heavy atom. The van der Waals surface area contributed by atoms with Gasteiger partial charge in [-0.15, -0.1) is 0 Å². The van der Waals surface area contributed by atoms with E-state index in [0.29, 0.717) is 5.96 Å². The molecule has 1 amide bonds. The lowest BCUT2D eigenvalue weighted by molar-refractivity contribution is -0.121. The second kappa shape index (κ2) is 8.41. The van der Waals surface area contributed by atoms with Crippen molar-refractivity contribution in [3.63, 3.8) is 0 Å². The number of amides is 1. The van der Waals surface area contributed by atoms with Crippen LogP contribution in [0.4, 0.5) is 0 Å². The van der Waals surface area contributed by atoms with Gasteiger partial charge in [-0.3, -0.25) is 14.5 Å². The number of aliphatic imine (C=N–C) groups is 1. The monoisotopic (exact) mass is 308 g/mol. The first kappa shape index (κ1) is 18.0. The van der Waals surface area contributed by atoms with Crippen molar-refractivity contribution in [3.05, 3.63) is 18.0 Å². The van der Waals surface area contributed by atoms with Crippen LogP contribution in [-0.2, 0) is 18.3 Å². The van der Waals surface area contributed by atoms with Gasteiger partial charge in [-0.25, -0.2) is 0 Å². The number of aryl methyl sites for hydroxylation is 2. The summed E-state index contributed by atoms with van der Waals surface area (Å²) in [6.45, 7) is 6.86. The third-order valence-corrected chi connectivity index (χ3v) is 2.85. The summed E-state index contributed by atoms with van der Waals surface area (Å²) in [5.41, 5.74) is 0.996. The molecule has 0 spiro atoms. The van der Waals surface area contributed by atoms with Gasteiger partial charge in [0.1, 0.15) is 0 Å². The highest BCUT2D eigenvalue weighted by molar-refractivity contribution is 5.86. The number of rotatable bonds is 6. The molecule has 0 radical (unpaired) electrons. The van der Waals surface area contributed by atoms with Crippen molar-refractivity contribution in [1.82, 2.24) is 25.7 Å². The van der Waals surface area contributed by atoms with Crippen molar-refractivity contribution in [2.45, 2.75) is 39.2 Å². The Kier molecular flexibility index (Phi) is 6.88. The lowest BCUT2D eigenvalue weighted by atomic mass is 10.1. The molecule has 3 N–H and O–H groups in total. The summed E-state index contributed by atoms with van der Waals surface area (Å²) in [4.78, 5) is 15.8. The predicted octanol–water partition coefficient (Wildman–Crippen LogP) is 0.432. The van der Waals surface area contributed by atoms with Crippen molar-refractivity contribution < 1.29 is 4.79 Å². The molecular weight excluding hydrogens is 280 g/mol. The Balaban J connectivity index is 2.21. The summed E-state index contributed by atoms with van der Waals surface area (Å²) in [5, 5.41) is 13.2. The van der Waals surface area contributed by atoms with E-state index >= 15 is 0 Å². The van der Waals surface area contributed by atoms with Gasteiger partial charge in [0, 0.05) is 32.4 Å². The van der Waals surface area contributed by atoms with Crippen molar-refractivity contribution in [2.75, 3.05) is 20.1 Å². The van der Waals surface area contributed by atoms with Crippen LogP contribution in [0, 0.1) is 0 Å². The van der Waals surface area contributed by atoms with Crippen molar-refractivity contribution in [1.29, 1.82) is 0 Å². The largest absolute Gasteiger partial charge is 0.356 e. The Morgan fingerprint density at radius 2 is 2.09 bits per heavy atom. The molecule has 0 aliphatic rings. The molecule has 124 valence electrons. The van der Waals surface area contributed by atoms with Gasteiger partial charge >= 0.3 is 0 Å². The third-order valence-electron chi connectivity index (χ3n) is 2.85. The molecule has 0 aliphatic heterocycles. The molecule has 0 bridgehead atoms. The summed E-state index contributed by atoms with van der Waals surface area (Å²) in [7, 11) is 3.61. The number of aromatic nitrogens is 2. The van der Waals surface area contributed by atoms with Gasteiger partial charge in [0.05, 0.1) is 12.7 Å². The molecule has 0 unspecified atom stereocenters. The van der Waals surface area contributed by atoms with Gasteiger partial charge < -0.3 is 16.0 Å². The fraction of sp³-hybridized carbons (Fsp3) is 0.667. The molecule has 0 saturated carbocycles. The zero-order valence-electron chi connectivity index (χ0n) is 14.2. The number of nitrogens with zero attached hydrogens (tertiary/aromatic N) is 3. The normalized spacial score (nSPS) is 12.1. The lowest BCUT2D eigenvalue weighted by Crippen LogP contribution is -2.48. The van der Waals surface area contributed by atoms with Gasteiger partial charge in [-0.05, 0) is 39.2 Å². The fourth-order valence-electron chi connectivity index (χ4n) is 1.95. The predicted molar refractivity (Wildman–Crippen MR) is 88.8 cm³/mol. The molecule has 0 fully saturated rings. The van der Waals surface area contributed by atoms with Crippen LogP contribution in [0.3, 0.4) is 0 Å². The Morgan fingerprint density at radius 3 is 2.64 bits per heavy atom. The summed E-state index contributed by atoms with van der Waals surface area (Å²) in [6.07, 6.45) is 5.83. The van der Waals surface area contributed by atoms with Crippen LogP contribution in [0.2, 0.25) is 0 Å². The molecule has 1 aromatic heterocycles. The van der Waals surface area contributed by atoms with E-state index in [0.717, 1.165) is 19.4 Å². The number of carbonyl (C=O) groups excluding carboxylic acids is 1. The van der Waals surface area contributed by atoms with Gasteiger partial charge in [0.15, 0.2) is 5.96 Å². The summed E-state index contributed by atoms with van der Waals surface area (Å²) in [5.74, 6) is 0.584. The second-order valence-electron chi connectivity index (χ2n) is 6.28. The molecule has 22 heavy (non-hydrogen) atoms. The highest BCUT2D eigenvalue weighted by Crippen LogP contribution is 1.99. The Labute approximate surface area is 132 Å². The highest BCUT2D eigenvalue weighted by atomic mass is 16.2. The minimum Gasteiger partial charge on any atom is -0.356 e. The van der Waals surface area contributed by atoms with Gasteiger partial charge in [-0.1, -0.05) is 0 Å². The lowest BCUT2D eigenvalue weighted by Gasteiger charge is -2.21. The van der Waals surface area contributed by atoms with Gasteiger partial charge in [0.25, 0.3) is 0 Å². The maximum atomic E-state index is 11.7. The van der Waals surface area contributed by atoms with Crippen LogP contribution in [0.5, 0.6) is 0 Å². The van der Waals surface area contributed by atoms with E-state index in [-0.39, 0.29) is 18.0 Å². The van der Waals surface area contributed by atoms with Crippen molar-refractivity contribution in [2.24, 2.45) is 12.0 Å². The standard InChI is InChI=1S/C15H28N6O/c1-15(2,3)20-13(22)10-18-14(16-4)17-8-6-7-12-9-19-21(5)11-12/h9,11H,6-8,10H2,1-5H3,(H,20,22)(H2,16,17,18). The first-order valence-corrected chi connectivity index (χ1v) is 7.53. The van der Waals surface area contributed by atoms with Crippen molar-refractivity contribution >= 4 is 11.9 Å². The van der Waals surface area contributed by atoms with Crippen LogP contribution in [-0.4, -0.2) is 47.3 Å². The molecule has 1 rings (SSSR count). The molecule has 0 aromatic carbocycles. The molecular formula is C15H28N6O. The Hall–Kier alpha value is -2.05. The molecule has 0 aliphatic carbocycles. The van der Waals surface area contributed by atoms with E-state index in [1.165, 1.54) is 5.56 Å². The Bertz CT molecular complexity index is 500. The summed E-state index contributed by atoms with van der Waals surface area (Å²) < 4.78 is 1.80. The quantitative estimate of drug-likeness (QED) is 0.404. The smallest absolute Gasteiger partial charge is 0.239 e. The maximum absolute atomic E-state index is 11.7. The molecule has 7 nitrogen and oxygen atoms in total. The van der Waals surface area contributed by atoms with Crippen LogP contribution in [0.25, 0.3) is 0 Å². The average Bonchev–Trinajstić information content (AvgIpc) is 2.81. The second-order valence-corrected chi connectivity index (χ2v) is 6.28. The summed E-state index contributed by atoms with van der Waals surface area (Å²) >= 11 is 0. The van der Waals surface area contributed by atoms with E-state index in [2.05, 4.69) is 26.0 Å². The number of guanidine groups is 1. The van der Waals surface area contributed by atoms with Crippen LogP contribution in [0.1, 0.15) is 32.8 Å². The molecule has 1 heterocycles. The topological polar surface area (TPSA) is 83.3 Å². The van der Waals surface area contributed by atoms with E-state index in [1.807, 2.05) is 40.2 Å². The van der Waals surface area contributed by atoms with Crippen molar-refractivity contribution in [3.8, 4) is 0 Å². The van der Waals surface area contributed by atoms with E-state index in [9.17, 15) is 4.79 Å². The number of carbonyl (C=O) groups is 1. The summed E-state index contributed by atoms with van der Waals surface area (Å²) in [6, 6.07) is 0. The number of hydrogen-bond donors (Lipinski definition) is 3. The molecule has 7 heteroatoms. The first-order valence-electron chi connectivity index (χ1n) is 7.53. The van der Waals surface area contributed by atoms with Crippen LogP contribution >= 0.6 is 0 Å². The van der Waals surface area contributed by atoms with E-state index in [1.54, 1.807) is 11.7 Å². The first-order chi connectivity index (χ1) is 10.3. The van der Waals surface area contributed by atoms with E-state index < -0.39 is 0 Å². The average molecular weight is 308 g/mol. The third kappa shape index (κ3) is 7.66. The van der Waals surface area contributed by atoms with Gasteiger partial charge in [0.2, 0.25) is 5.91 Å². The SMILES string of the molecule is CN=C(NCCCc1cnn(C)c1)NCC(=O)NC(C)(C)C. The molecule has 0 atom stereocenters. The zero-order valence-corrected chi connectivity index (χ0v) is 14.2. The maximum Gasteiger partial charge on any atom is 0.239 e. The fourth-order valence-corrected chi connectivity index (χ4v) is 1.95. The highest BCUT2D eigenvalue weighted by Gasteiger charge is 2.13. The zero-order chi connectivity index (χ0) is 16.6. The van der Waals surface area contributed by atoms with E-state index in [4.69, 9.17) is 0 Å². The van der Waals surface area contributed by atoms with Crippen LogP contribution in [0.15, 0.2) is 17.4 Å². The molecule has 1 aromatic rings. The number of hydrogen-bond acceptors (Lipinski definition) is 3. The minimum atomic E-state index is -0.223. The minimum absolute atomic E-state index is 0.0502.